The number of nitrogens with one attached hydrogen (secondary N) is 1. The Morgan fingerprint density at radius 3 is 2.26 bits per heavy atom. The van der Waals surface area contributed by atoms with Crippen molar-refractivity contribution in [2.24, 2.45) is 0 Å². The van der Waals surface area contributed by atoms with Crippen molar-refractivity contribution in [1.82, 2.24) is 9.97 Å². The number of rotatable bonds is 2. The van der Waals surface area contributed by atoms with Crippen molar-refractivity contribution in [1.29, 1.82) is 0 Å². The van der Waals surface area contributed by atoms with Crippen LogP contribution in [0.15, 0.2) is 24.3 Å². The van der Waals surface area contributed by atoms with E-state index in [4.69, 9.17) is 11.6 Å². The smallest absolute Gasteiger partial charge is 0.259 e. The van der Waals surface area contributed by atoms with Gasteiger partial charge >= 0.3 is 0 Å². The zero-order chi connectivity index (χ0) is 14.0. The van der Waals surface area contributed by atoms with Crippen LogP contribution in [-0.2, 0) is 0 Å². The van der Waals surface area contributed by atoms with Gasteiger partial charge in [0.25, 0.3) is 5.91 Å². The number of hydrogen-bond donors (Lipinski definition) is 1. The van der Waals surface area contributed by atoms with Crippen LogP contribution in [0.2, 0.25) is 5.02 Å². The third-order valence-electron chi connectivity index (χ3n) is 2.73. The Morgan fingerprint density at radius 2 is 1.68 bits per heavy atom. The zero-order valence-corrected chi connectivity index (χ0v) is 11.7. The minimum atomic E-state index is -0.247. The van der Waals surface area contributed by atoms with E-state index >= 15 is 0 Å². The molecule has 0 bridgehead atoms. The number of aromatic nitrogens is 2. The summed E-state index contributed by atoms with van der Waals surface area (Å²) in [5, 5.41) is 3.28. The lowest BCUT2D eigenvalue weighted by Gasteiger charge is -2.11. The molecule has 98 valence electrons. The van der Waals surface area contributed by atoms with Crippen molar-refractivity contribution in [3.8, 4) is 0 Å². The van der Waals surface area contributed by atoms with E-state index < -0.39 is 0 Å². The summed E-state index contributed by atoms with van der Waals surface area (Å²) >= 11 is 6.01. The summed E-state index contributed by atoms with van der Waals surface area (Å²) in [7, 11) is 0. The summed E-state index contributed by atoms with van der Waals surface area (Å²) in [4.78, 5) is 20.7. The molecule has 0 saturated carbocycles. The summed E-state index contributed by atoms with van der Waals surface area (Å²) in [6, 6.07) is 7.10. The Morgan fingerprint density at radius 1 is 1.11 bits per heavy atom. The largest absolute Gasteiger partial charge is 0.321 e. The van der Waals surface area contributed by atoms with Crippen molar-refractivity contribution in [2.75, 3.05) is 5.32 Å². The van der Waals surface area contributed by atoms with Gasteiger partial charge in [-0.15, -0.1) is 0 Å². The maximum absolute atomic E-state index is 12.3. The highest BCUT2D eigenvalue weighted by Crippen LogP contribution is 2.22. The molecule has 4 nitrogen and oxygen atoms in total. The molecule has 0 unspecified atom stereocenters. The van der Waals surface area contributed by atoms with Crippen LogP contribution in [0.3, 0.4) is 0 Å². The maximum atomic E-state index is 12.3. The van der Waals surface area contributed by atoms with Crippen molar-refractivity contribution >= 4 is 23.2 Å². The molecule has 0 aliphatic rings. The van der Waals surface area contributed by atoms with Gasteiger partial charge in [0.1, 0.15) is 5.82 Å². The van der Waals surface area contributed by atoms with E-state index in [1.54, 1.807) is 32.9 Å². The number of carbonyl (C=O) groups is 1. The lowest BCUT2D eigenvalue weighted by Crippen LogP contribution is -2.17. The molecule has 1 aromatic heterocycles. The number of benzene rings is 1. The van der Waals surface area contributed by atoms with Crippen molar-refractivity contribution in [3.05, 3.63) is 52.1 Å². The Labute approximate surface area is 116 Å². The second-order valence-corrected chi connectivity index (χ2v) is 4.66. The number of anilines is 1. The number of para-hydroxylation sites is 1. The van der Waals surface area contributed by atoms with E-state index in [0.717, 1.165) is 0 Å². The van der Waals surface area contributed by atoms with Crippen LogP contribution in [0, 0.1) is 20.8 Å². The number of halogens is 1. The molecule has 0 radical (unpaired) electrons. The first kappa shape index (κ1) is 13.5. The number of aryl methyl sites for hydroxylation is 3. The molecule has 2 aromatic rings. The molecule has 0 saturated heterocycles. The summed E-state index contributed by atoms with van der Waals surface area (Å²) < 4.78 is 0. The monoisotopic (exact) mass is 275 g/mol. The molecule has 1 amide bonds. The Balaban J connectivity index is 2.34. The molecule has 19 heavy (non-hydrogen) atoms. The van der Waals surface area contributed by atoms with Gasteiger partial charge in [0.2, 0.25) is 0 Å². The van der Waals surface area contributed by atoms with Crippen LogP contribution < -0.4 is 5.32 Å². The molecule has 2 rings (SSSR count). The number of nitrogens with zero attached hydrogens (tertiary/aromatic N) is 2. The number of amides is 1. The van der Waals surface area contributed by atoms with Crippen LogP contribution >= 0.6 is 11.6 Å². The predicted octanol–water partition coefficient (Wildman–Crippen LogP) is 3.31. The SMILES string of the molecule is Cc1nc(C)c(C(=O)Nc2ccccc2Cl)c(C)n1. The Hall–Kier alpha value is -1.94. The van der Waals surface area contributed by atoms with E-state index in [1.165, 1.54) is 0 Å². The summed E-state index contributed by atoms with van der Waals surface area (Å²) in [5.74, 6) is 0.410. The van der Waals surface area contributed by atoms with Crippen LogP contribution in [0.5, 0.6) is 0 Å². The van der Waals surface area contributed by atoms with E-state index in [0.29, 0.717) is 33.5 Å². The highest BCUT2D eigenvalue weighted by atomic mass is 35.5. The second-order valence-electron chi connectivity index (χ2n) is 4.25. The molecular weight excluding hydrogens is 262 g/mol. The minimum Gasteiger partial charge on any atom is -0.321 e. The van der Waals surface area contributed by atoms with E-state index in [-0.39, 0.29) is 5.91 Å². The van der Waals surface area contributed by atoms with Gasteiger partial charge in [0, 0.05) is 0 Å². The fraction of sp³-hybridized carbons (Fsp3) is 0.214. The van der Waals surface area contributed by atoms with Gasteiger partial charge in [-0.3, -0.25) is 4.79 Å². The van der Waals surface area contributed by atoms with Crippen molar-refractivity contribution < 1.29 is 4.79 Å². The first-order chi connectivity index (χ1) is 8.99. The standard InChI is InChI=1S/C14H14ClN3O/c1-8-13(9(2)17-10(3)16-8)14(19)18-12-7-5-4-6-11(12)15/h4-7H,1-3H3,(H,18,19). The molecule has 0 spiro atoms. The molecular formula is C14H14ClN3O. The quantitative estimate of drug-likeness (QED) is 0.915. The normalized spacial score (nSPS) is 10.3. The Kier molecular flexibility index (Phi) is 3.81. The minimum absolute atomic E-state index is 0.247. The van der Waals surface area contributed by atoms with Crippen LogP contribution in [0.4, 0.5) is 5.69 Å². The molecule has 5 heteroatoms. The van der Waals surface area contributed by atoms with E-state index in [9.17, 15) is 4.79 Å². The first-order valence-corrected chi connectivity index (χ1v) is 6.24. The third kappa shape index (κ3) is 2.90. The summed E-state index contributed by atoms with van der Waals surface area (Å²) in [6.45, 7) is 5.39. The van der Waals surface area contributed by atoms with Gasteiger partial charge in [0.15, 0.2) is 0 Å². The molecule has 0 aliphatic carbocycles. The average molecular weight is 276 g/mol. The molecule has 0 atom stereocenters. The van der Waals surface area contributed by atoms with Crippen molar-refractivity contribution in [2.45, 2.75) is 20.8 Å². The first-order valence-electron chi connectivity index (χ1n) is 5.86. The molecule has 0 aliphatic heterocycles. The highest BCUT2D eigenvalue weighted by molar-refractivity contribution is 6.33. The molecule has 1 heterocycles. The Bertz CT molecular complexity index is 617. The van der Waals surface area contributed by atoms with Gasteiger partial charge in [-0.05, 0) is 32.9 Å². The van der Waals surface area contributed by atoms with Gasteiger partial charge < -0.3 is 5.32 Å². The lowest BCUT2D eigenvalue weighted by molar-refractivity contribution is 0.102. The van der Waals surface area contributed by atoms with Gasteiger partial charge in [-0.25, -0.2) is 9.97 Å². The van der Waals surface area contributed by atoms with E-state index in [2.05, 4.69) is 15.3 Å². The van der Waals surface area contributed by atoms with Crippen LogP contribution in [0.1, 0.15) is 27.6 Å². The van der Waals surface area contributed by atoms with Gasteiger partial charge in [0.05, 0.1) is 27.7 Å². The molecule has 1 N–H and O–H groups in total. The molecule has 1 aromatic carbocycles. The third-order valence-corrected chi connectivity index (χ3v) is 3.06. The number of carbonyl (C=O) groups excluding carboxylic acids is 1. The van der Waals surface area contributed by atoms with Gasteiger partial charge in [-0.2, -0.15) is 0 Å². The lowest BCUT2D eigenvalue weighted by atomic mass is 10.1. The maximum Gasteiger partial charge on any atom is 0.259 e. The average Bonchev–Trinajstić information content (AvgIpc) is 2.30. The van der Waals surface area contributed by atoms with Crippen molar-refractivity contribution in [3.63, 3.8) is 0 Å². The summed E-state index contributed by atoms with van der Waals surface area (Å²) in [6.07, 6.45) is 0. The fourth-order valence-electron chi connectivity index (χ4n) is 1.96. The zero-order valence-electron chi connectivity index (χ0n) is 11.0. The number of hydrogen-bond acceptors (Lipinski definition) is 3. The fourth-order valence-corrected chi connectivity index (χ4v) is 2.14. The highest BCUT2D eigenvalue weighted by Gasteiger charge is 2.16. The van der Waals surface area contributed by atoms with E-state index in [1.807, 2.05) is 12.1 Å². The topological polar surface area (TPSA) is 54.9 Å². The predicted molar refractivity (Wildman–Crippen MR) is 75.6 cm³/mol. The summed E-state index contributed by atoms with van der Waals surface area (Å²) in [5.41, 5.74) is 2.39. The van der Waals surface area contributed by atoms with Crippen LogP contribution in [-0.4, -0.2) is 15.9 Å². The van der Waals surface area contributed by atoms with Crippen LogP contribution in [0.25, 0.3) is 0 Å². The van der Waals surface area contributed by atoms with Gasteiger partial charge in [-0.1, -0.05) is 23.7 Å². The second kappa shape index (κ2) is 5.36. The molecule has 0 fully saturated rings.